The number of carbonyl (C=O) groups is 1. The average molecular weight is 294 g/mol. The van der Waals surface area contributed by atoms with Crippen molar-refractivity contribution in [2.75, 3.05) is 25.1 Å². The zero-order chi connectivity index (χ0) is 15.2. The molecule has 0 saturated heterocycles. The Balaban J connectivity index is 1.90. The molecule has 0 amide bonds. The normalized spacial score (nSPS) is 15.6. The van der Waals surface area contributed by atoms with Crippen LogP contribution < -0.4 is 10.2 Å². The zero-order valence-corrected chi connectivity index (χ0v) is 12.6. The lowest BCUT2D eigenvalue weighted by Gasteiger charge is -2.23. The smallest absolute Gasteiger partial charge is 0.323 e. The summed E-state index contributed by atoms with van der Waals surface area (Å²) in [4.78, 5) is 13.8. The predicted octanol–water partition coefficient (Wildman–Crippen LogP) is 2.34. The Morgan fingerprint density at radius 1 is 1.48 bits per heavy atom. The van der Waals surface area contributed by atoms with E-state index in [2.05, 4.69) is 5.32 Å². The number of nitrogens with zero attached hydrogens (tertiary/aromatic N) is 1. The summed E-state index contributed by atoms with van der Waals surface area (Å²) in [6, 6.07) is 6.77. The Morgan fingerprint density at radius 2 is 2.19 bits per heavy atom. The molecule has 1 N–H and O–H groups in total. The molecule has 1 atom stereocenters. The first-order valence-electron chi connectivity index (χ1n) is 7.50. The lowest BCUT2D eigenvalue weighted by molar-refractivity contribution is -0.145. The molecule has 0 heterocycles. The molecular formula is C16H23FN2O2. The first-order valence-corrected chi connectivity index (χ1v) is 7.50. The van der Waals surface area contributed by atoms with Crippen LogP contribution in [0.2, 0.25) is 0 Å². The van der Waals surface area contributed by atoms with Crippen molar-refractivity contribution in [3.63, 3.8) is 0 Å². The quantitative estimate of drug-likeness (QED) is 0.747. The number of hydrogen-bond donors (Lipinski definition) is 1. The van der Waals surface area contributed by atoms with Crippen LogP contribution in [0.15, 0.2) is 24.3 Å². The third kappa shape index (κ3) is 4.70. The SMILES string of the molecule is CCOC(=O)C(CCN(C)c1ccccc1F)NC1CC1. The summed E-state index contributed by atoms with van der Waals surface area (Å²) in [5, 5.41) is 3.30. The number of hydrogen-bond acceptors (Lipinski definition) is 4. The average Bonchev–Trinajstić information content (AvgIpc) is 3.27. The van der Waals surface area contributed by atoms with E-state index in [0.29, 0.717) is 31.3 Å². The molecule has 1 aliphatic rings. The zero-order valence-electron chi connectivity index (χ0n) is 12.6. The largest absolute Gasteiger partial charge is 0.465 e. The maximum Gasteiger partial charge on any atom is 0.323 e. The molecule has 1 unspecified atom stereocenters. The molecule has 5 heteroatoms. The van der Waals surface area contributed by atoms with Crippen molar-refractivity contribution in [2.45, 2.75) is 38.3 Å². The van der Waals surface area contributed by atoms with Crippen molar-refractivity contribution in [1.29, 1.82) is 0 Å². The van der Waals surface area contributed by atoms with Crippen LogP contribution in [0.1, 0.15) is 26.2 Å². The van der Waals surface area contributed by atoms with Crippen LogP contribution in [0, 0.1) is 5.82 Å². The van der Waals surface area contributed by atoms with E-state index >= 15 is 0 Å². The number of nitrogens with one attached hydrogen (secondary N) is 1. The molecule has 1 aromatic rings. The Morgan fingerprint density at radius 3 is 2.81 bits per heavy atom. The summed E-state index contributed by atoms with van der Waals surface area (Å²) in [7, 11) is 1.83. The molecule has 0 spiro atoms. The molecule has 1 fully saturated rings. The molecule has 1 aromatic carbocycles. The number of benzene rings is 1. The van der Waals surface area contributed by atoms with Crippen LogP contribution in [0.3, 0.4) is 0 Å². The third-order valence-electron chi connectivity index (χ3n) is 3.60. The molecular weight excluding hydrogens is 271 g/mol. The second-order valence-electron chi connectivity index (χ2n) is 5.41. The maximum atomic E-state index is 13.7. The summed E-state index contributed by atoms with van der Waals surface area (Å²) < 4.78 is 18.8. The number of esters is 1. The fraction of sp³-hybridized carbons (Fsp3) is 0.562. The number of ether oxygens (including phenoxy) is 1. The van der Waals surface area contributed by atoms with Gasteiger partial charge < -0.3 is 15.0 Å². The van der Waals surface area contributed by atoms with E-state index in [9.17, 15) is 9.18 Å². The van der Waals surface area contributed by atoms with Crippen molar-refractivity contribution in [2.24, 2.45) is 0 Å². The van der Waals surface area contributed by atoms with Gasteiger partial charge in [0.2, 0.25) is 0 Å². The standard InChI is InChI=1S/C16H23FN2O2/c1-3-21-16(20)14(18-12-8-9-12)10-11-19(2)15-7-5-4-6-13(15)17/h4-7,12,14,18H,3,8-11H2,1-2H3. The van der Waals surface area contributed by atoms with Crippen LogP contribution in [0.5, 0.6) is 0 Å². The second-order valence-corrected chi connectivity index (χ2v) is 5.41. The summed E-state index contributed by atoms with van der Waals surface area (Å²) in [6.45, 7) is 2.77. The molecule has 4 nitrogen and oxygen atoms in total. The Bertz CT molecular complexity index is 477. The van der Waals surface area contributed by atoms with Gasteiger partial charge in [0.15, 0.2) is 0 Å². The number of carbonyl (C=O) groups excluding carboxylic acids is 1. The maximum absolute atomic E-state index is 13.7. The number of anilines is 1. The van der Waals surface area contributed by atoms with Gasteiger partial charge in [0, 0.05) is 19.6 Å². The second kappa shape index (κ2) is 7.41. The summed E-state index contributed by atoms with van der Waals surface area (Å²) >= 11 is 0. The molecule has 0 bridgehead atoms. The van der Waals surface area contributed by atoms with Gasteiger partial charge in [-0.15, -0.1) is 0 Å². The van der Waals surface area contributed by atoms with Crippen molar-refractivity contribution in [3.8, 4) is 0 Å². The monoisotopic (exact) mass is 294 g/mol. The van der Waals surface area contributed by atoms with Gasteiger partial charge >= 0.3 is 5.97 Å². The first kappa shape index (κ1) is 15.8. The highest BCUT2D eigenvalue weighted by atomic mass is 19.1. The van der Waals surface area contributed by atoms with E-state index in [0.717, 1.165) is 12.8 Å². The van der Waals surface area contributed by atoms with Gasteiger partial charge in [0.25, 0.3) is 0 Å². The highest BCUT2D eigenvalue weighted by Crippen LogP contribution is 2.21. The molecule has 0 radical (unpaired) electrons. The Labute approximate surface area is 125 Å². The van der Waals surface area contributed by atoms with Crippen LogP contribution in [0.25, 0.3) is 0 Å². The third-order valence-corrected chi connectivity index (χ3v) is 3.60. The molecule has 21 heavy (non-hydrogen) atoms. The van der Waals surface area contributed by atoms with Crippen molar-refractivity contribution >= 4 is 11.7 Å². The summed E-state index contributed by atoms with van der Waals surface area (Å²) in [6.07, 6.45) is 2.82. The van der Waals surface area contributed by atoms with Crippen LogP contribution in [0.4, 0.5) is 10.1 Å². The van der Waals surface area contributed by atoms with Crippen LogP contribution in [-0.2, 0) is 9.53 Å². The lowest BCUT2D eigenvalue weighted by atomic mass is 10.2. The predicted molar refractivity (Wildman–Crippen MR) is 80.9 cm³/mol. The van der Waals surface area contributed by atoms with Gasteiger partial charge in [-0.1, -0.05) is 12.1 Å². The minimum Gasteiger partial charge on any atom is -0.465 e. The van der Waals surface area contributed by atoms with E-state index in [1.165, 1.54) is 6.07 Å². The van der Waals surface area contributed by atoms with Gasteiger partial charge in [-0.3, -0.25) is 4.79 Å². The first-order chi connectivity index (χ1) is 10.1. The van der Waals surface area contributed by atoms with Crippen LogP contribution >= 0.6 is 0 Å². The van der Waals surface area contributed by atoms with Crippen molar-refractivity contribution in [1.82, 2.24) is 5.32 Å². The number of rotatable bonds is 8. The molecule has 1 saturated carbocycles. The minimum atomic E-state index is -0.313. The van der Waals surface area contributed by atoms with Crippen molar-refractivity contribution in [3.05, 3.63) is 30.1 Å². The molecule has 0 aromatic heterocycles. The lowest BCUT2D eigenvalue weighted by Crippen LogP contribution is -2.41. The van der Waals surface area contributed by atoms with Crippen LogP contribution in [-0.4, -0.2) is 38.3 Å². The van der Waals surface area contributed by atoms with Gasteiger partial charge in [-0.05, 0) is 38.3 Å². The van der Waals surface area contributed by atoms with Gasteiger partial charge in [0.1, 0.15) is 11.9 Å². The van der Waals surface area contributed by atoms with Gasteiger partial charge in [-0.2, -0.15) is 0 Å². The fourth-order valence-corrected chi connectivity index (χ4v) is 2.25. The number of halogens is 1. The van der Waals surface area contributed by atoms with E-state index in [1.54, 1.807) is 25.1 Å². The van der Waals surface area contributed by atoms with E-state index in [-0.39, 0.29) is 17.8 Å². The van der Waals surface area contributed by atoms with Gasteiger partial charge in [0.05, 0.1) is 12.3 Å². The highest BCUT2D eigenvalue weighted by molar-refractivity contribution is 5.76. The summed E-state index contributed by atoms with van der Waals surface area (Å²) in [5.74, 6) is -0.464. The Kier molecular flexibility index (Phi) is 5.56. The molecule has 1 aliphatic carbocycles. The van der Waals surface area contributed by atoms with Crippen molar-refractivity contribution < 1.29 is 13.9 Å². The van der Waals surface area contributed by atoms with Gasteiger partial charge in [-0.25, -0.2) is 4.39 Å². The fourth-order valence-electron chi connectivity index (χ4n) is 2.25. The minimum absolute atomic E-state index is 0.216. The summed E-state index contributed by atoms with van der Waals surface area (Å²) in [5.41, 5.74) is 0.548. The Hall–Kier alpha value is -1.62. The molecule has 0 aliphatic heterocycles. The topological polar surface area (TPSA) is 41.6 Å². The molecule has 116 valence electrons. The van der Waals surface area contributed by atoms with E-state index in [4.69, 9.17) is 4.74 Å². The van der Waals surface area contributed by atoms with E-state index in [1.807, 2.05) is 11.9 Å². The highest BCUT2D eigenvalue weighted by Gasteiger charge is 2.29. The van der Waals surface area contributed by atoms with E-state index < -0.39 is 0 Å². The number of para-hydroxylation sites is 1. The molecule has 2 rings (SSSR count).